The maximum atomic E-state index is 6.20. The van der Waals surface area contributed by atoms with E-state index in [2.05, 4.69) is 16.9 Å². The Morgan fingerprint density at radius 1 is 1.29 bits per heavy atom. The Hall–Kier alpha value is -0.960. The van der Waals surface area contributed by atoms with Crippen LogP contribution < -0.4 is 10.6 Å². The molecule has 0 atom stereocenters. The second kappa shape index (κ2) is 5.58. The summed E-state index contributed by atoms with van der Waals surface area (Å²) in [5.74, 6) is 0.854. The van der Waals surface area contributed by atoms with Crippen molar-refractivity contribution < 1.29 is 0 Å². The van der Waals surface area contributed by atoms with Gasteiger partial charge in [0, 0.05) is 13.1 Å². The van der Waals surface area contributed by atoms with Gasteiger partial charge in [-0.2, -0.15) is 0 Å². The predicted molar refractivity (Wildman–Crippen MR) is 73.6 cm³/mol. The maximum absolute atomic E-state index is 6.20. The molecule has 17 heavy (non-hydrogen) atoms. The summed E-state index contributed by atoms with van der Waals surface area (Å²) < 4.78 is 0. The van der Waals surface area contributed by atoms with E-state index >= 15 is 0 Å². The minimum Gasteiger partial charge on any atom is -0.397 e. The standard InChI is InChI=1S/C13H20ClN3/c1-17(11-6-4-2-3-5-7-11)13-12(14)8-10(15)9-16-13/h8-9,11H,2-7,15H2,1H3. The molecule has 0 radical (unpaired) electrons. The quantitative estimate of drug-likeness (QED) is 0.821. The van der Waals surface area contributed by atoms with E-state index in [1.807, 2.05) is 0 Å². The number of aromatic nitrogens is 1. The molecule has 0 spiro atoms. The molecule has 0 amide bonds. The second-order valence-corrected chi connectivity index (χ2v) is 5.24. The van der Waals surface area contributed by atoms with Crippen LogP contribution in [0, 0.1) is 0 Å². The van der Waals surface area contributed by atoms with Gasteiger partial charge in [0.15, 0.2) is 0 Å². The van der Waals surface area contributed by atoms with Gasteiger partial charge >= 0.3 is 0 Å². The van der Waals surface area contributed by atoms with E-state index in [0.29, 0.717) is 16.8 Å². The first-order valence-corrected chi connectivity index (χ1v) is 6.70. The average molecular weight is 254 g/mol. The van der Waals surface area contributed by atoms with Crippen LogP contribution in [0.15, 0.2) is 12.3 Å². The lowest BCUT2D eigenvalue weighted by molar-refractivity contribution is 0.549. The smallest absolute Gasteiger partial charge is 0.147 e. The first-order chi connectivity index (χ1) is 8.18. The minimum atomic E-state index is 0.561. The minimum absolute atomic E-state index is 0.561. The van der Waals surface area contributed by atoms with E-state index in [-0.39, 0.29) is 0 Å². The van der Waals surface area contributed by atoms with Crippen LogP contribution in [0.4, 0.5) is 11.5 Å². The number of hydrogen-bond acceptors (Lipinski definition) is 3. The molecule has 94 valence electrons. The predicted octanol–water partition coefficient (Wildman–Crippen LogP) is 3.48. The number of nitrogens with two attached hydrogens (primary N) is 1. The van der Waals surface area contributed by atoms with Crippen molar-refractivity contribution in [1.29, 1.82) is 0 Å². The SMILES string of the molecule is CN(c1ncc(N)cc1Cl)C1CCCCCC1. The molecule has 2 rings (SSSR count). The summed E-state index contributed by atoms with van der Waals surface area (Å²) in [5.41, 5.74) is 6.28. The number of nitrogens with zero attached hydrogens (tertiary/aromatic N) is 2. The molecule has 2 N–H and O–H groups in total. The van der Waals surface area contributed by atoms with Gasteiger partial charge in [0.2, 0.25) is 0 Å². The van der Waals surface area contributed by atoms with Gasteiger partial charge in [0.25, 0.3) is 0 Å². The normalized spacial score (nSPS) is 17.8. The summed E-state index contributed by atoms with van der Waals surface area (Å²) in [5, 5.41) is 0.650. The van der Waals surface area contributed by atoms with Crippen molar-refractivity contribution in [3.8, 4) is 0 Å². The van der Waals surface area contributed by atoms with E-state index in [1.165, 1.54) is 38.5 Å². The molecule has 0 aromatic carbocycles. The van der Waals surface area contributed by atoms with Crippen molar-refractivity contribution >= 4 is 23.1 Å². The lowest BCUT2D eigenvalue weighted by Crippen LogP contribution is -2.32. The summed E-state index contributed by atoms with van der Waals surface area (Å²) >= 11 is 6.20. The van der Waals surface area contributed by atoms with Crippen LogP contribution in [-0.2, 0) is 0 Å². The number of hydrogen-bond donors (Lipinski definition) is 1. The molecule has 1 aromatic rings. The van der Waals surface area contributed by atoms with Crippen LogP contribution in [0.3, 0.4) is 0 Å². The molecule has 0 aliphatic heterocycles. The average Bonchev–Trinajstić information content (AvgIpc) is 2.56. The number of pyridine rings is 1. The Morgan fingerprint density at radius 3 is 2.53 bits per heavy atom. The molecule has 0 bridgehead atoms. The molecule has 1 fully saturated rings. The van der Waals surface area contributed by atoms with E-state index in [9.17, 15) is 0 Å². The fraction of sp³-hybridized carbons (Fsp3) is 0.615. The van der Waals surface area contributed by atoms with Gasteiger partial charge in [-0.25, -0.2) is 4.98 Å². The Bertz CT molecular complexity index is 373. The molecule has 3 nitrogen and oxygen atoms in total. The van der Waals surface area contributed by atoms with Crippen LogP contribution >= 0.6 is 11.6 Å². The fourth-order valence-electron chi connectivity index (χ4n) is 2.52. The summed E-state index contributed by atoms with van der Waals surface area (Å²) in [6.07, 6.45) is 9.47. The first-order valence-electron chi connectivity index (χ1n) is 6.32. The summed E-state index contributed by atoms with van der Waals surface area (Å²) in [6, 6.07) is 2.34. The third-order valence-corrected chi connectivity index (χ3v) is 3.83. The zero-order chi connectivity index (χ0) is 12.3. The number of halogens is 1. The Labute approximate surface area is 108 Å². The largest absolute Gasteiger partial charge is 0.397 e. The number of nitrogen functional groups attached to an aromatic ring is 1. The van der Waals surface area contributed by atoms with E-state index in [0.717, 1.165) is 5.82 Å². The van der Waals surface area contributed by atoms with Crippen LogP contribution in [0.2, 0.25) is 5.02 Å². The van der Waals surface area contributed by atoms with Crippen molar-refractivity contribution in [3.63, 3.8) is 0 Å². The van der Waals surface area contributed by atoms with Gasteiger partial charge in [0.1, 0.15) is 5.82 Å². The van der Waals surface area contributed by atoms with Crippen LogP contribution in [0.1, 0.15) is 38.5 Å². The van der Waals surface area contributed by atoms with E-state index in [4.69, 9.17) is 17.3 Å². The fourth-order valence-corrected chi connectivity index (χ4v) is 2.83. The lowest BCUT2D eigenvalue weighted by atomic mass is 10.1. The highest BCUT2D eigenvalue weighted by molar-refractivity contribution is 6.33. The molecule has 1 aliphatic rings. The topological polar surface area (TPSA) is 42.2 Å². The molecule has 1 aromatic heterocycles. The van der Waals surface area contributed by atoms with Gasteiger partial charge in [-0.15, -0.1) is 0 Å². The zero-order valence-corrected chi connectivity index (χ0v) is 11.1. The highest BCUT2D eigenvalue weighted by Gasteiger charge is 2.19. The molecule has 1 heterocycles. The monoisotopic (exact) mass is 253 g/mol. The molecule has 1 saturated carbocycles. The maximum Gasteiger partial charge on any atom is 0.147 e. The Kier molecular flexibility index (Phi) is 4.11. The van der Waals surface area contributed by atoms with Crippen molar-refractivity contribution in [2.75, 3.05) is 17.7 Å². The first kappa shape index (κ1) is 12.5. The highest BCUT2D eigenvalue weighted by atomic mass is 35.5. The van der Waals surface area contributed by atoms with Gasteiger partial charge in [-0.05, 0) is 18.9 Å². The van der Waals surface area contributed by atoms with Crippen LogP contribution in [0.25, 0.3) is 0 Å². The Balaban J connectivity index is 2.14. The third kappa shape index (κ3) is 3.03. The summed E-state index contributed by atoms with van der Waals surface area (Å²) in [7, 11) is 2.08. The molecular formula is C13H20ClN3. The zero-order valence-electron chi connectivity index (χ0n) is 10.3. The lowest BCUT2D eigenvalue weighted by Gasteiger charge is -2.28. The molecule has 4 heteroatoms. The van der Waals surface area contributed by atoms with Crippen molar-refractivity contribution in [1.82, 2.24) is 4.98 Å². The second-order valence-electron chi connectivity index (χ2n) is 4.83. The van der Waals surface area contributed by atoms with Crippen molar-refractivity contribution in [2.45, 2.75) is 44.6 Å². The Morgan fingerprint density at radius 2 is 1.94 bits per heavy atom. The van der Waals surface area contributed by atoms with Crippen molar-refractivity contribution in [3.05, 3.63) is 17.3 Å². The molecule has 0 saturated heterocycles. The van der Waals surface area contributed by atoms with Gasteiger partial charge in [-0.3, -0.25) is 0 Å². The van der Waals surface area contributed by atoms with Crippen molar-refractivity contribution in [2.24, 2.45) is 0 Å². The number of anilines is 2. The van der Waals surface area contributed by atoms with Gasteiger partial charge in [0.05, 0.1) is 16.9 Å². The summed E-state index contributed by atoms with van der Waals surface area (Å²) in [4.78, 5) is 6.57. The van der Waals surface area contributed by atoms with E-state index < -0.39 is 0 Å². The summed E-state index contributed by atoms with van der Waals surface area (Å²) in [6.45, 7) is 0. The number of rotatable bonds is 2. The van der Waals surface area contributed by atoms with Gasteiger partial charge in [-0.1, -0.05) is 37.3 Å². The van der Waals surface area contributed by atoms with Crippen LogP contribution in [-0.4, -0.2) is 18.1 Å². The highest BCUT2D eigenvalue weighted by Crippen LogP contribution is 2.29. The molecule has 1 aliphatic carbocycles. The van der Waals surface area contributed by atoms with Crippen LogP contribution in [0.5, 0.6) is 0 Å². The van der Waals surface area contributed by atoms with Gasteiger partial charge < -0.3 is 10.6 Å². The third-order valence-electron chi connectivity index (χ3n) is 3.55. The molecule has 0 unspecified atom stereocenters. The van der Waals surface area contributed by atoms with E-state index in [1.54, 1.807) is 12.3 Å². The molecular weight excluding hydrogens is 234 g/mol.